The van der Waals surface area contributed by atoms with Crippen molar-refractivity contribution in [2.24, 2.45) is 0 Å². The van der Waals surface area contributed by atoms with Gasteiger partial charge >= 0.3 is 0 Å². The molecule has 0 saturated carbocycles. The summed E-state index contributed by atoms with van der Waals surface area (Å²) in [6.07, 6.45) is 2.06. The van der Waals surface area contributed by atoms with Gasteiger partial charge < -0.3 is 5.11 Å². The van der Waals surface area contributed by atoms with Gasteiger partial charge in [-0.1, -0.05) is 0 Å². The first-order valence-corrected chi connectivity index (χ1v) is 7.04. The molecule has 0 aliphatic rings. The van der Waals surface area contributed by atoms with Gasteiger partial charge in [-0.3, -0.25) is 4.68 Å². The highest BCUT2D eigenvalue weighted by Crippen LogP contribution is 2.26. The molecule has 0 radical (unpaired) electrons. The maximum absolute atomic E-state index is 13.9. The first-order valence-electron chi connectivity index (χ1n) is 6.24. The molecule has 0 spiro atoms. The Bertz CT molecular complexity index is 613. The van der Waals surface area contributed by atoms with Crippen LogP contribution in [0.2, 0.25) is 0 Å². The van der Waals surface area contributed by atoms with Crippen molar-refractivity contribution in [3.05, 3.63) is 51.8 Å². The van der Waals surface area contributed by atoms with Crippen LogP contribution in [0.1, 0.15) is 37.1 Å². The molecule has 2 rings (SSSR count). The molecule has 0 amide bonds. The molecule has 3 nitrogen and oxygen atoms in total. The minimum absolute atomic E-state index is 0.135. The van der Waals surface area contributed by atoms with Crippen molar-refractivity contribution in [3.8, 4) is 0 Å². The van der Waals surface area contributed by atoms with E-state index in [0.717, 1.165) is 0 Å². The molecule has 1 atom stereocenters. The molecule has 6 heteroatoms. The lowest BCUT2D eigenvalue weighted by molar-refractivity contribution is 0.175. The average Bonchev–Trinajstić information content (AvgIpc) is 2.89. The Hall–Kier alpha value is -1.27. The molecule has 1 aromatic carbocycles. The second-order valence-corrected chi connectivity index (χ2v) is 5.74. The number of nitrogens with zero attached hydrogens (tertiary/aromatic N) is 2. The Labute approximate surface area is 124 Å². The molecule has 20 heavy (non-hydrogen) atoms. The van der Waals surface area contributed by atoms with E-state index in [1.54, 1.807) is 10.9 Å². The molecule has 0 aliphatic heterocycles. The van der Waals surface area contributed by atoms with Gasteiger partial charge in [0.05, 0.1) is 16.8 Å². The van der Waals surface area contributed by atoms with E-state index < -0.39 is 17.7 Å². The Morgan fingerprint density at radius 2 is 2.05 bits per heavy atom. The highest BCUT2D eigenvalue weighted by atomic mass is 79.9. The van der Waals surface area contributed by atoms with Crippen molar-refractivity contribution < 1.29 is 13.9 Å². The minimum atomic E-state index is -0.999. The van der Waals surface area contributed by atoms with E-state index in [2.05, 4.69) is 21.0 Å². The van der Waals surface area contributed by atoms with Crippen LogP contribution >= 0.6 is 15.9 Å². The van der Waals surface area contributed by atoms with Crippen molar-refractivity contribution in [2.75, 3.05) is 0 Å². The highest BCUT2D eigenvalue weighted by Gasteiger charge is 2.18. The van der Waals surface area contributed by atoms with Crippen LogP contribution in [0.3, 0.4) is 0 Å². The van der Waals surface area contributed by atoms with E-state index in [1.165, 1.54) is 18.3 Å². The van der Waals surface area contributed by atoms with Crippen LogP contribution in [-0.2, 0) is 6.42 Å². The number of aliphatic hydroxyl groups excluding tert-OH is 1. The summed E-state index contributed by atoms with van der Waals surface area (Å²) >= 11 is 3.01. The fourth-order valence-electron chi connectivity index (χ4n) is 1.87. The fourth-order valence-corrected chi connectivity index (χ4v) is 2.25. The third kappa shape index (κ3) is 3.07. The largest absolute Gasteiger partial charge is 0.388 e. The zero-order chi connectivity index (χ0) is 14.9. The first-order chi connectivity index (χ1) is 9.40. The van der Waals surface area contributed by atoms with Crippen LogP contribution in [-0.4, -0.2) is 14.9 Å². The van der Waals surface area contributed by atoms with Gasteiger partial charge in [-0.25, -0.2) is 8.78 Å². The standard InChI is InChI=1S/C14H15BrF2N2O/c1-8(2)19-7-9(6-18-19)13(20)5-10-12(16)4-3-11(15)14(10)17/h3-4,6-8,13,20H,5H2,1-2H3. The summed E-state index contributed by atoms with van der Waals surface area (Å²) in [5, 5.41) is 14.2. The Kier molecular flexibility index (Phi) is 4.55. The summed E-state index contributed by atoms with van der Waals surface area (Å²) in [7, 11) is 0. The van der Waals surface area contributed by atoms with Gasteiger partial charge in [0.15, 0.2) is 0 Å². The van der Waals surface area contributed by atoms with Crippen LogP contribution in [0.4, 0.5) is 8.78 Å². The first kappa shape index (κ1) is 15.1. The van der Waals surface area contributed by atoms with E-state index in [-0.39, 0.29) is 22.5 Å². The molecule has 0 bridgehead atoms. The van der Waals surface area contributed by atoms with Crippen molar-refractivity contribution in [3.63, 3.8) is 0 Å². The summed E-state index contributed by atoms with van der Waals surface area (Å²) < 4.78 is 29.4. The van der Waals surface area contributed by atoms with E-state index in [4.69, 9.17) is 0 Å². The van der Waals surface area contributed by atoms with E-state index in [9.17, 15) is 13.9 Å². The molecular weight excluding hydrogens is 330 g/mol. The number of benzene rings is 1. The molecule has 1 aromatic heterocycles. The smallest absolute Gasteiger partial charge is 0.143 e. The molecule has 0 aliphatic carbocycles. The maximum atomic E-state index is 13.9. The summed E-state index contributed by atoms with van der Waals surface area (Å²) in [6.45, 7) is 3.91. The Balaban J connectivity index is 2.23. The van der Waals surface area contributed by atoms with Crippen molar-refractivity contribution in [1.29, 1.82) is 0 Å². The fraction of sp³-hybridized carbons (Fsp3) is 0.357. The van der Waals surface area contributed by atoms with Crippen LogP contribution in [0, 0.1) is 11.6 Å². The molecule has 0 saturated heterocycles. The van der Waals surface area contributed by atoms with Gasteiger partial charge in [-0.05, 0) is 41.9 Å². The summed E-state index contributed by atoms with van der Waals surface area (Å²) in [5.41, 5.74) is 0.404. The van der Waals surface area contributed by atoms with Crippen molar-refractivity contribution in [1.82, 2.24) is 9.78 Å². The molecule has 1 N–H and O–H groups in total. The molecule has 1 unspecified atom stereocenters. The van der Waals surface area contributed by atoms with Crippen molar-refractivity contribution >= 4 is 15.9 Å². The van der Waals surface area contributed by atoms with E-state index in [0.29, 0.717) is 5.56 Å². The zero-order valence-electron chi connectivity index (χ0n) is 11.1. The predicted molar refractivity (Wildman–Crippen MR) is 75.3 cm³/mol. The normalized spacial score (nSPS) is 12.9. The van der Waals surface area contributed by atoms with Crippen LogP contribution in [0.5, 0.6) is 0 Å². The number of hydrogen-bond donors (Lipinski definition) is 1. The van der Waals surface area contributed by atoms with Crippen LogP contribution in [0.25, 0.3) is 0 Å². The Morgan fingerprint density at radius 1 is 1.35 bits per heavy atom. The van der Waals surface area contributed by atoms with Gasteiger partial charge in [-0.2, -0.15) is 5.10 Å². The van der Waals surface area contributed by atoms with E-state index in [1.807, 2.05) is 13.8 Å². The number of rotatable bonds is 4. The van der Waals surface area contributed by atoms with Crippen LogP contribution in [0.15, 0.2) is 29.0 Å². The molecule has 108 valence electrons. The summed E-state index contributed by atoms with van der Waals surface area (Å²) in [4.78, 5) is 0. The van der Waals surface area contributed by atoms with E-state index >= 15 is 0 Å². The quantitative estimate of drug-likeness (QED) is 0.857. The summed E-state index contributed by atoms with van der Waals surface area (Å²) in [6, 6.07) is 2.64. The average molecular weight is 345 g/mol. The lowest BCUT2D eigenvalue weighted by Gasteiger charge is -2.11. The molecular formula is C14H15BrF2N2O. The van der Waals surface area contributed by atoms with Gasteiger partial charge in [0, 0.05) is 29.8 Å². The SMILES string of the molecule is CC(C)n1cc(C(O)Cc2c(F)ccc(Br)c2F)cn1. The maximum Gasteiger partial charge on any atom is 0.143 e. The molecule has 2 aromatic rings. The zero-order valence-corrected chi connectivity index (χ0v) is 12.7. The topological polar surface area (TPSA) is 38.0 Å². The minimum Gasteiger partial charge on any atom is -0.388 e. The van der Waals surface area contributed by atoms with Gasteiger partial charge in [0.1, 0.15) is 11.6 Å². The lowest BCUT2D eigenvalue weighted by Crippen LogP contribution is -2.06. The van der Waals surface area contributed by atoms with Gasteiger partial charge in [0.25, 0.3) is 0 Å². The third-order valence-electron chi connectivity index (χ3n) is 3.07. The summed E-state index contributed by atoms with van der Waals surface area (Å²) in [5.74, 6) is -1.35. The number of hydrogen-bond acceptors (Lipinski definition) is 2. The number of halogens is 3. The molecule has 1 heterocycles. The second kappa shape index (κ2) is 6.01. The number of aromatic nitrogens is 2. The highest BCUT2D eigenvalue weighted by molar-refractivity contribution is 9.10. The predicted octanol–water partition coefficient (Wildman–Crippen LogP) is 3.78. The lowest BCUT2D eigenvalue weighted by atomic mass is 10.0. The van der Waals surface area contributed by atoms with Crippen molar-refractivity contribution in [2.45, 2.75) is 32.4 Å². The second-order valence-electron chi connectivity index (χ2n) is 4.89. The third-order valence-corrected chi connectivity index (χ3v) is 3.68. The van der Waals surface area contributed by atoms with Crippen LogP contribution < -0.4 is 0 Å². The van der Waals surface area contributed by atoms with Gasteiger partial charge in [0.2, 0.25) is 0 Å². The number of aliphatic hydroxyl groups is 1. The van der Waals surface area contributed by atoms with Gasteiger partial charge in [-0.15, -0.1) is 0 Å². The Morgan fingerprint density at radius 3 is 2.65 bits per heavy atom. The monoisotopic (exact) mass is 344 g/mol. The molecule has 0 fully saturated rings.